The maximum atomic E-state index is 10.3. The summed E-state index contributed by atoms with van der Waals surface area (Å²) in [5.74, 6) is 0.922. The number of aryl methyl sites for hydroxylation is 1. The molecule has 1 aromatic heterocycles. The molecule has 0 radical (unpaired) electrons. The zero-order chi connectivity index (χ0) is 13.8. The molecule has 102 valence electrons. The Hall–Kier alpha value is -0.650. The van der Waals surface area contributed by atoms with Crippen LogP contribution in [0.5, 0.6) is 0 Å². The summed E-state index contributed by atoms with van der Waals surface area (Å²) in [7, 11) is 0. The molecule has 0 fully saturated rings. The minimum atomic E-state index is -0.549. The molecule has 0 aliphatic carbocycles. The second-order valence-electron chi connectivity index (χ2n) is 4.46. The van der Waals surface area contributed by atoms with Gasteiger partial charge in [0.05, 0.1) is 6.10 Å². The van der Waals surface area contributed by atoms with Crippen LogP contribution in [0.3, 0.4) is 0 Å². The fourth-order valence-corrected chi connectivity index (χ4v) is 3.36. The van der Waals surface area contributed by atoms with E-state index in [1.807, 2.05) is 24.4 Å². The second kappa shape index (κ2) is 6.68. The fourth-order valence-electron chi connectivity index (χ4n) is 2.03. The SMILES string of the molecule is CCCn1ccnc1CC(O)c1cc(Br)cc(Br)c1. The first-order valence-corrected chi connectivity index (χ1v) is 7.82. The topological polar surface area (TPSA) is 38.0 Å². The lowest BCUT2D eigenvalue weighted by Crippen LogP contribution is -2.09. The number of aliphatic hydroxyl groups is 1. The molecule has 1 unspecified atom stereocenters. The van der Waals surface area contributed by atoms with Crippen LogP contribution in [0.15, 0.2) is 39.5 Å². The molecule has 0 saturated heterocycles. The van der Waals surface area contributed by atoms with E-state index in [-0.39, 0.29) is 0 Å². The zero-order valence-corrected chi connectivity index (χ0v) is 13.9. The summed E-state index contributed by atoms with van der Waals surface area (Å²) in [6, 6.07) is 5.82. The third-order valence-electron chi connectivity index (χ3n) is 2.91. The molecule has 1 N–H and O–H groups in total. The van der Waals surface area contributed by atoms with E-state index in [0.717, 1.165) is 33.3 Å². The Morgan fingerprint density at radius 1 is 1.26 bits per heavy atom. The van der Waals surface area contributed by atoms with Crippen LogP contribution in [-0.4, -0.2) is 14.7 Å². The molecule has 0 aliphatic heterocycles. The van der Waals surface area contributed by atoms with Crippen LogP contribution in [-0.2, 0) is 13.0 Å². The summed E-state index contributed by atoms with van der Waals surface area (Å²) in [4.78, 5) is 4.32. The number of rotatable bonds is 5. The van der Waals surface area contributed by atoms with E-state index < -0.39 is 6.10 Å². The summed E-state index contributed by atoms with van der Waals surface area (Å²) < 4.78 is 4.00. The van der Waals surface area contributed by atoms with E-state index in [2.05, 4.69) is 48.3 Å². The molecule has 0 aliphatic rings. The van der Waals surface area contributed by atoms with Crippen molar-refractivity contribution in [3.05, 3.63) is 50.9 Å². The van der Waals surface area contributed by atoms with Gasteiger partial charge in [-0.2, -0.15) is 0 Å². The molecule has 2 aromatic rings. The van der Waals surface area contributed by atoms with Crippen LogP contribution in [0, 0.1) is 0 Å². The molecule has 2 rings (SSSR count). The monoisotopic (exact) mass is 386 g/mol. The number of benzene rings is 1. The van der Waals surface area contributed by atoms with Crippen molar-refractivity contribution in [2.24, 2.45) is 0 Å². The minimum Gasteiger partial charge on any atom is -0.388 e. The first-order chi connectivity index (χ1) is 9.10. The Labute approximate surface area is 129 Å². The minimum absolute atomic E-state index is 0.524. The van der Waals surface area contributed by atoms with Crippen molar-refractivity contribution < 1.29 is 5.11 Å². The highest BCUT2D eigenvalue weighted by Gasteiger charge is 2.13. The Bertz CT molecular complexity index is 534. The highest BCUT2D eigenvalue weighted by Crippen LogP contribution is 2.26. The molecular weight excluding hydrogens is 372 g/mol. The molecular formula is C14H16Br2N2O. The van der Waals surface area contributed by atoms with Crippen molar-refractivity contribution in [1.29, 1.82) is 0 Å². The standard InChI is InChI=1S/C14H16Br2N2O/c1-2-4-18-5-3-17-14(18)9-13(19)10-6-11(15)8-12(16)7-10/h3,5-8,13,19H,2,4,9H2,1H3. The molecule has 0 bridgehead atoms. The Balaban J connectivity index is 2.15. The maximum Gasteiger partial charge on any atom is 0.111 e. The van der Waals surface area contributed by atoms with Crippen LogP contribution in [0.25, 0.3) is 0 Å². The van der Waals surface area contributed by atoms with Gasteiger partial charge < -0.3 is 9.67 Å². The second-order valence-corrected chi connectivity index (χ2v) is 6.29. The highest BCUT2D eigenvalue weighted by atomic mass is 79.9. The number of aromatic nitrogens is 2. The van der Waals surface area contributed by atoms with Crippen LogP contribution >= 0.6 is 31.9 Å². The lowest BCUT2D eigenvalue weighted by molar-refractivity contribution is 0.174. The van der Waals surface area contributed by atoms with E-state index in [9.17, 15) is 5.11 Å². The van der Waals surface area contributed by atoms with Gasteiger partial charge in [-0.05, 0) is 30.2 Å². The molecule has 0 amide bonds. The van der Waals surface area contributed by atoms with Crippen molar-refractivity contribution >= 4 is 31.9 Å². The van der Waals surface area contributed by atoms with E-state index in [1.54, 1.807) is 6.20 Å². The van der Waals surface area contributed by atoms with Gasteiger partial charge in [0.25, 0.3) is 0 Å². The maximum absolute atomic E-state index is 10.3. The predicted molar refractivity (Wildman–Crippen MR) is 83.0 cm³/mol. The normalized spacial score (nSPS) is 12.6. The van der Waals surface area contributed by atoms with Crippen LogP contribution < -0.4 is 0 Å². The predicted octanol–water partition coefficient (Wildman–Crippen LogP) is 4.09. The van der Waals surface area contributed by atoms with E-state index in [1.165, 1.54) is 0 Å². The molecule has 1 atom stereocenters. The molecule has 1 heterocycles. The Morgan fingerprint density at radius 3 is 2.58 bits per heavy atom. The number of aliphatic hydroxyl groups excluding tert-OH is 1. The Morgan fingerprint density at radius 2 is 1.95 bits per heavy atom. The third-order valence-corrected chi connectivity index (χ3v) is 3.83. The van der Waals surface area contributed by atoms with Crippen molar-refractivity contribution in [3.63, 3.8) is 0 Å². The van der Waals surface area contributed by atoms with Crippen molar-refractivity contribution in [3.8, 4) is 0 Å². The van der Waals surface area contributed by atoms with Gasteiger partial charge >= 0.3 is 0 Å². The lowest BCUT2D eigenvalue weighted by Gasteiger charge is -2.13. The summed E-state index contributed by atoms with van der Waals surface area (Å²) in [6.07, 6.45) is 4.78. The molecule has 1 aromatic carbocycles. The third kappa shape index (κ3) is 3.91. The van der Waals surface area contributed by atoms with Gasteiger partial charge in [-0.1, -0.05) is 38.8 Å². The van der Waals surface area contributed by atoms with E-state index >= 15 is 0 Å². The van der Waals surface area contributed by atoms with Gasteiger partial charge in [0.15, 0.2) is 0 Å². The zero-order valence-electron chi connectivity index (χ0n) is 10.7. The van der Waals surface area contributed by atoms with Crippen LogP contribution in [0.1, 0.15) is 30.8 Å². The first kappa shape index (κ1) is 14.8. The number of nitrogens with zero attached hydrogens (tertiary/aromatic N) is 2. The average molecular weight is 388 g/mol. The van der Waals surface area contributed by atoms with E-state index in [4.69, 9.17) is 0 Å². The molecule has 0 saturated carbocycles. The van der Waals surface area contributed by atoms with Crippen molar-refractivity contribution in [2.75, 3.05) is 0 Å². The largest absolute Gasteiger partial charge is 0.388 e. The Kier molecular flexibility index (Phi) is 5.19. The number of halogens is 2. The van der Waals surface area contributed by atoms with Gasteiger partial charge in [0.2, 0.25) is 0 Å². The first-order valence-electron chi connectivity index (χ1n) is 6.24. The number of imidazole rings is 1. The molecule has 0 spiro atoms. The average Bonchev–Trinajstić information content (AvgIpc) is 2.76. The van der Waals surface area contributed by atoms with Crippen molar-refractivity contribution in [1.82, 2.24) is 9.55 Å². The highest BCUT2D eigenvalue weighted by molar-refractivity contribution is 9.11. The van der Waals surface area contributed by atoms with Gasteiger partial charge in [0, 0.05) is 34.3 Å². The summed E-state index contributed by atoms with van der Waals surface area (Å²) in [5.41, 5.74) is 0.882. The smallest absolute Gasteiger partial charge is 0.111 e. The summed E-state index contributed by atoms with van der Waals surface area (Å²) in [6.45, 7) is 3.07. The van der Waals surface area contributed by atoms with Gasteiger partial charge in [-0.15, -0.1) is 0 Å². The number of hydrogen-bond donors (Lipinski definition) is 1. The summed E-state index contributed by atoms with van der Waals surface area (Å²) >= 11 is 6.87. The van der Waals surface area contributed by atoms with Gasteiger partial charge in [-0.3, -0.25) is 0 Å². The van der Waals surface area contributed by atoms with Crippen molar-refractivity contribution in [2.45, 2.75) is 32.4 Å². The molecule has 3 nitrogen and oxygen atoms in total. The van der Waals surface area contributed by atoms with E-state index in [0.29, 0.717) is 6.42 Å². The molecule has 5 heteroatoms. The van der Waals surface area contributed by atoms with Gasteiger partial charge in [-0.25, -0.2) is 4.98 Å². The lowest BCUT2D eigenvalue weighted by atomic mass is 10.1. The quantitative estimate of drug-likeness (QED) is 0.838. The fraction of sp³-hybridized carbons (Fsp3) is 0.357. The van der Waals surface area contributed by atoms with Crippen LogP contribution in [0.2, 0.25) is 0 Å². The van der Waals surface area contributed by atoms with Gasteiger partial charge in [0.1, 0.15) is 5.82 Å². The molecule has 19 heavy (non-hydrogen) atoms. The number of hydrogen-bond acceptors (Lipinski definition) is 2. The summed E-state index contributed by atoms with van der Waals surface area (Å²) in [5, 5.41) is 10.3. The van der Waals surface area contributed by atoms with Crippen LogP contribution in [0.4, 0.5) is 0 Å².